The number of likely N-dealkylation sites (tertiary alicyclic amines) is 1. The molecule has 2 aromatic rings. The number of halogens is 3. The Hall–Kier alpha value is -2.35. The zero-order valence-electron chi connectivity index (χ0n) is 15.4. The zero-order chi connectivity index (χ0) is 19.6. The second kappa shape index (κ2) is 7.72. The van der Waals surface area contributed by atoms with E-state index in [0.29, 0.717) is 17.7 Å². The highest BCUT2D eigenvalue weighted by molar-refractivity contribution is 5.93. The van der Waals surface area contributed by atoms with Crippen LogP contribution in [0.4, 0.5) is 13.2 Å². The van der Waals surface area contributed by atoms with Gasteiger partial charge in [0.2, 0.25) is 0 Å². The second-order valence-corrected chi connectivity index (χ2v) is 7.02. The third kappa shape index (κ3) is 4.68. The average molecular weight is 380 g/mol. The molecule has 0 aliphatic carbocycles. The monoisotopic (exact) mass is 380 g/mol. The normalized spacial score (nSPS) is 16.5. The van der Waals surface area contributed by atoms with Crippen molar-refractivity contribution in [2.45, 2.75) is 31.6 Å². The maximum Gasteiger partial charge on any atom is 0.416 e. The SMILES string of the molecule is CN(C(=O)c1cnn(C)c1)C1CCN(Cc2cccc(C(F)(F)F)c2)CC1. The van der Waals surface area contributed by atoms with Crippen molar-refractivity contribution in [1.82, 2.24) is 19.6 Å². The molecule has 1 aromatic carbocycles. The van der Waals surface area contributed by atoms with E-state index < -0.39 is 11.7 Å². The van der Waals surface area contributed by atoms with Crippen molar-refractivity contribution in [3.8, 4) is 0 Å². The molecule has 3 rings (SSSR count). The number of aryl methyl sites for hydroxylation is 1. The Bertz CT molecular complexity index is 794. The van der Waals surface area contributed by atoms with Crippen molar-refractivity contribution in [3.63, 3.8) is 0 Å². The van der Waals surface area contributed by atoms with Gasteiger partial charge in [-0.2, -0.15) is 18.3 Å². The van der Waals surface area contributed by atoms with E-state index in [1.165, 1.54) is 12.1 Å². The lowest BCUT2D eigenvalue weighted by molar-refractivity contribution is -0.137. The highest BCUT2D eigenvalue weighted by Gasteiger charge is 2.31. The molecule has 1 aromatic heterocycles. The average Bonchev–Trinajstić information content (AvgIpc) is 3.07. The third-order valence-corrected chi connectivity index (χ3v) is 5.04. The second-order valence-electron chi connectivity index (χ2n) is 7.02. The van der Waals surface area contributed by atoms with E-state index in [0.717, 1.165) is 32.0 Å². The van der Waals surface area contributed by atoms with Crippen molar-refractivity contribution >= 4 is 5.91 Å². The van der Waals surface area contributed by atoms with Gasteiger partial charge in [-0.1, -0.05) is 18.2 Å². The number of hydrogen-bond donors (Lipinski definition) is 0. The highest BCUT2D eigenvalue weighted by Crippen LogP contribution is 2.30. The molecule has 5 nitrogen and oxygen atoms in total. The number of amides is 1. The van der Waals surface area contributed by atoms with Crippen LogP contribution in [0.2, 0.25) is 0 Å². The van der Waals surface area contributed by atoms with E-state index in [4.69, 9.17) is 0 Å². The largest absolute Gasteiger partial charge is 0.416 e. The first-order valence-corrected chi connectivity index (χ1v) is 8.88. The first-order valence-electron chi connectivity index (χ1n) is 8.88. The highest BCUT2D eigenvalue weighted by atomic mass is 19.4. The molecule has 1 fully saturated rings. The summed E-state index contributed by atoms with van der Waals surface area (Å²) in [7, 11) is 3.56. The summed E-state index contributed by atoms with van der Waals surface area (Å²) in [6.07, 6.45) is 0.518. The lowest BCUT2D eigenvalue weighted by Gasteiger charge is -2.36. The van der Waals surface area contributed by atoms with Gasteiger partial charge >= 0.3 is 6.18 Å². The van der Waals surface area contributed by atoms with Gasteiger partial charge in [-0.3, -0.25) is 14.4 Å². The van der Waals surface area contributed by atoms with Crippen molar-refractivity contribution in [3.05, 3.63) is 53.3 Å². The van der Waals surface area contributed by atoms with Gasteiger partial charge in [0, 0.05) is 46.0 Å². The van der Waals surface area contributed by atoms with E-state index in [-0.39, 0.29) is 11.9 Å². The molecule has 1 saturated heterocycles. The van der Waals surface area contributed by atoms with E-state index >= 15 is 0 Å². The molecule has 0 spiro atoms. The van der Waals surface area contributed by atoms with Crippen LogP contribution in [0.15, 0.2) is 36.7 Å². The molecule has 1 amide bonds. The number of aromatic nitrogens is 2. The van der Waals surface area contributed by atoms with Gasteiger partial charge in [-0.15, -0.1) is 0 Å². The smallest absolute Gasteiger partial charge is 0.339 e. The maximum atomic E-state index is 12.8. The molecule has 0 bridgehead atoms. The predicted octanol–water partition coefficient (Wildman–Crippen LogP) is 3.18. The number of nitrogens with zero attached hydrogens (tertiary/aromatic N) is 4. The fourth-order valence-electron chi connectivity index (χ4n) is 3.47. The predicted molar refractivity (Wildman–Crippen MR) is 95.0 cm³/mol. The van der Waals surface area contributed by atoms with Gasteiger partial charge in [-0.05, 0) is 24.5 Å². The molecule has 0 N–H and O–H groups in total. The summed E-state index contributed by atoms with van der Waals surface area (Å²) in [5, 5.41) is 4.03. The number of rotatable bonds is 4. The summed E-state index contributed by atoms with van der Waals surface area (Å²) < 4.78 is 40.1. The molecule has 146 valence electrons. The van der Waals surface area contributed by atoms with Gasteiger partial charge in [-0.25, -0.2) is 0 Å². The molecule has 0 unspecified atom stereocenters. The van der Waals surface area contributed by atoms with E-state index in [1.54, 1.807) is 42.1 Å². The molecule has 8 heteroatoms. The van der Waals surface area contributed by atoms with Crippen LogP contribution in [0.5, 0.6) is 0 Å². The summed E-state index contributed by atoms with van der Waals surface area (Å²) in [6, 6.07) is 5.60. The van der Waals surface area contributed by atoms with Crippen LogP contribution in [-0.2, 0) is 19.8 Å². The molecule has 0 saturated carbocycles. The van der Waals surface area contributed by atoms with Crippen molar-refractivity contribution in [2.75, 3.05) is 20.1 Å². The number of piperidine rings is 1. The van der Waals surface area contributed by atoms with Gasteiger partial charge in [0.05, 0.1) is 17.3 Å². The number of carbonyl (C=O) groups is 1. The van der Waals surface area contributed by atoms with E-state index in [9.17, 15) is 18.0 Å². The molecule has 2 heterocycles. The maximum absolute atomic E-state index is 12.8. The summed E-state index contributed by atoms with van der Waals surface area (Å²) >= 11 is 0. The lowest BCUT2D eigenvalue weighted by Crippen LogP contribution is -2.45. The topological polar surface area (TPSA) is 41.4 Å². The molecular weight excluding hydrogens is 357 g/mol. The minimum atomic E-state index is -4.32. The molecule has 1 aliphatic heterocycles. The third-order valence-electron chi connectivity index (χ3n) is 5.04. The fraction of sp³-hybridized carbons (Fsp3) is 0.474. The van der Waals surface area contributed by atoms with Crippen LogP contribution in [0, 0.1) is 0 Å². The Balaban J connectivity index is 1.55. The van der Waals surface area contributed by atoms with Crippen LogP contribution in [-0.4, -0.2) is 51.7 Å². The number of hydrogen-bond acceptors (Lipinski definition) is 3. The molecular formula is C19H23F3N4O. The van der Waals surface area contributed by atoms with Crippen molar-refractivity contribution in [1.29, 1.82) is 0 Å². The van der Waals surface area contributed by atoms with E-state index in [1.807, 2.05) is 0 Å². The van der Waals surface area contributed by atoms with Crippen molar-refractivity contribution < 1.29 is 18.0 Å². The summed E-state index contributed by atoms with van der Waals surface area (Å²) in [4.78, 5) is 16.4. The Morgan fingerprint density at radius 3 is 2.59 bits per heavy atom. The Morgan fingerprint density at radius 1 is 1.30 bits per heavy atom. The standard InChI is InChI=1S/C19H23F3N4O/c1-24-13-15(11-23-24)18(27)25(2)17-6-8-26(9-7-17)12-14-4-3-5-16(10-14)19(20,21)22/h3-5,10-11,13,17H,6-9,12H2,1-2H3. The molecule has 0 atom stereocenters. The van der Waals surface area contributed by atoms with Crippen LogP contribution in [0.25, 0.3) is 0 Å². The van der Waals surface area contributed by atoms with Gasteiger partial charge < -0.3 is 4.90 Å². The summed E-state index contributed by atoms with van der Waals surface area (Å²) in [5.74, 6) is -0.0561. The quantitative estimate of drug-likeness (QED) is 0.818. The first kappa shape index (κ1) is 19.4. The van der Waals surface area contributed by atoms with Crippen LogP contribution in [0.1, 0.15) is 34.3 Å². The summed E-state index contributed by atoms with van der Waals surface area (Å²) in [6.45, 7) is 1.97. The van der Waals surface area contributed by atoms with Crippen molar-refractivity contribution in [2.24, 2.45) is 7.05 Å². The molecule has 27 heavy (non-hydrogen) atoms. The number of alkyl halides is 3. The minimum Gasteiger partial charge on any atom is -0.339 e. The van der Waals surface area contributed by atoms with Crippen LogP contribution >= 0.6 is 0 Å². The van der Waals surface area contributed by atoms with Crippen LogP contribution in [0.3, 0.4) is 0 Å². The first-order chi connectivity index (χ1) is 12.7. The fourth-order valence-corrected chi connectivity index (χ4v) is 3.47. The summed E-state index contributed by atoms with van der Waals surface area (Å²) in [5.41, 5.74) is 0.603. The van der Waals surface area contributed by atoms with Gasteiger partial charge in [0.1, 0.15) is 0 Å². The lowest BCUT2D eigenvalue weighted by atomic mass is 10.0. The van der Waals surface area contributed by atoms with Gasteiger partial charge in [0.15, 0.2) is 0 Å². The zero-order valence-corrected chi connectivity index (χ0v) is 15.4. The van der Waals surface area contributed by atoms with E-state index in [2.05, 4.69) is 10.00 Å². The minimum absolute atomic E-state index is 0.0561. The van der Waals surface area contributed by atoms with Gasteiger partial charge in [0.25, 0.3) is 5.91 Å². The van der Waals surface area contributed by atoms with Crippen LogP contribution < -0.4 is 0 Å². The Morgan fingerprint density at radius 2 is 2.00 bits per heavy atom. The Kier molecular flexibility index (Phi) is 5.55. The number of carbonyl (C=O) groups excluding carboxylic acids is 1. The molecule has 0 radical (unpaired) electrons. The molecule has 1 aliphatic rings. The number of benzene rings is 1. The Labute approximate surface area is 156 Å².